The molecule has 2 saturated heterocycles. The normalized spacial score (nSPS) is 18.9. The summed E-state index contributed by atoms with van der Waals surface area (Å²) >= 11 is 0. The molecule has 1 N–H and O–H groups in total. The van der Waals surface area contributed by atoms with Crippen LogP contribution in [0, 0.1) is 6.92 Å². The van der Waals surface area contributed by atoms with Crippen molar-refractivity contribution in [3.8, 4) is 0 Å². The van der Waals surface area contributed by atoms with E-state index in [4.69, 9.17) is 0 Å². The van der Waals surface area contributed by atoms with E-state index >= 15 is 0 Å². The Morgan fingerprint density at radius 2 is 1.48 bits per heavy atom. The molecule has 0 aliphatic carbocycles. The average Bonchev–Trinajstić information content (AvgIpc) is 3.50. The summed E-state index contributed by atoms with van der Waals surface area (Å²) in [6.07, 6.45) is 4.17. The second-order valence-corrected chi connectivity index (χ2v) is 10.5. The maximum absolute atomic E-state index is 12.8. The van der Waals surface area contributed by atoms with E-state index in [2.05, 4.69) is 41.4 Å². The van der Waals surface area contributed by atoms with E-state index in [1.807, 2.05) is 0 Å². The van der Waals surface area contributed by atoms with Crippen LogP contribution in [-0.2, 0) is 10.0 Å². The van der Waals surface area contributed by atoms with Gasteiger partial charge >= 0.3 is 0 Å². The number of nitrogens with zero attached hydrogens (tertiary/aromatic N) is 2. The van der Waals surface area contributed by atoms with Gasteiger partial charge in [0, 0.05) is 25.2 Å². The van der Waals surface area contributed by atoms with Crippen LogP contribution in [0.15, 0.2) is 53.4 Å². The minimum absolute atomic E-state index is 0.141. The summed E-state index contributed by atoms with van der Waals surface area (Å²) in [4.78, 5) is 15.5. The zero-order chi connectivity index (χ0) is 21.8. The lowest BCUT2D eigenvalue weighted by molar-refractivity contribution is 0.0938. The summed E-state index contributed by atoms with van der Waals surface area (Å²) in [5, 5.41) is 3.06. The molecule has 2 heterocycles. The minimum atomic E-state index is -3.46. The summed E-state index contributed by atoms with van der Waals surface area (Å²) in [6.45, 7) is 5.82. The standard InChI is InChI=1S/C24H31N3O3S/c1-19-6-8-20(9-7-19)23(26-14-2-3-15-26)18-25-24(28)21-10-12-22(13-11-21)31(29,30)27-16-4-5-17-27/h6-13,23H,2-5,14-18H2,1H3,(H,25,28). The first kappa shape index (κ1) is 22.0. The van der Waals surface area contributed by atoms with Crippen molar-refractivity contribution in [2.24, 2.45) is 0 Å². The second kappa shape index (κ2) is 9.51. The lowest BCUT2D eigenvalue weighted by Gasteiger charge is -2.28. The van der Waals surface area contributed by atoms with Gasteiger partial charge in [0.1, 0.15) is 0 Å². The number of carbonyl (C=O) groups is 1. The van der Waals surface area contributed by atoms with Gasteiger partial charge in [-0.1, -0.05) is 29.8 Å². The molecule has 2 fully saturated rings. The van der Waals surface area contributed by atoms with Crippen molar-refractivity contribution >= 4 is 15.9 Å². The number of hydrogen-bond acceptors (Lipinski definition) is 4. The van der Waals surface area contributed by atoms with Gasteiger partial charge in [-0.3, -0.25) is 9.69 Å². The smallest absolute Gasteiger partial charge is 0.251 e. The van der Waals surface area contributed by atoms with Crippen LogP contribution in [0.5, 0.6) is 0 Å². The maximum atomic E-state index is 12.8. The quantitative estimate of drug-likeness (QED) is 0.715. The zero-order valence-corrected chi connectivity index (χ0v) is 18.9. The van der Waals surface area contributed by atoms with Gasteiger partial charge in [0.25, 0.3) is 5.91 Å². The van der Waals surface area contributed by atoms with E-state index in [0.29, 0.717) is 25.2 Å². The van der Waals surface area contributed by atoms with Crippen molar-refractivity contribution in [2.45, 2.75) is 43.5 Å². The van der Waals surface area contributed by atoms with Crippen LogP contribution in [0.4, 0.5) is 0 Å². The predicted molar refractivity (Wildman–Crippen MR) is 121 cm³/mol. The lowest BCUT2D eigenvalue weighted by Crippen LogP contribution is -2.36. The van der Waals surface area contributed by atoms with E-state index in [-0.39, 0.29) is 16.8 Å². The molecule has 7 heteroatoms. The molecular formula is C24H31N3O3S. The summed E-state index contributed by atoms with van der Waals surface area (Å²) in [7, 11) is -3.46. The Morgan fingerprint density at radius 1 is 0.903 bits per heavy atom. The monoisotopic (exact) mass is 441 g/mol. The van der Waals surface area contributed by atoms with Crippen molar-refractivity contribution in [3.63, 3.8) is 0 Å². The number of aryl methyl sites for hydroxylation is 1. The zero-order valence-electron chi connectivity index (χ0n) is 18.1. The summed E-state index contributed by atoms with van der Waals surface area (Å²) < 4.78 is 26.9. The molecule has 0 bridgehead atoms. The average molecular weight is 442 g/mol. The highest BCUT2D eigenvalue weighted by Gasteiger charge is 2.27. The summed E-state index contributed by atoms with van der Waals surface area (Å²) in [5.41, 5.74) is 2.90. The Kier molecular flexibility index (Phi) is 6.74. The molecule has 0 radical (unpaired) electrons. The Morgan fingerprint density at radius 3 is 2.10 bits per heavy atom. The molecule has 166 valence electrons. The molecule has 0 aromatic heterocycles. The SMILES string of the molecule is Cc1ccc(C(CNC(=O)c2ccc(S(=O)(=O)N3CCCC3)cc2)N2CCCC2)cc1. The Balaban J connectivity index is 1.43. The number of likely N-dealkylation sites (tertiary alicyclic amines) is 1. The van der Waals surface area contributed by atoms with Crippen molar-refractivity contribution in [1.82, 2.24) is 14.5 Å². The number of sulfonamides is 1. The fraction of sp³-hybridized carbons (Fsp3) is 0.458. The third kappa shape index (κ3) is 5.00. The topological polar surface area (TPSA) is 69.7 Å². The molecule has 2 aromatic carbocycles. The molecule has 1 unspecified atom stereocenters. The number of nitrogens with one attached hydrogen (secondary N) is 1. The third-order valence-electron chi connectivity index (χ3n) is 6.32. The van der Waals surface area contributed by atoms with Crippen LogP contribution in [0.1, 0.15) is 53.2 Å². The number of amides is 1. The molecule has 31 heavy (non-hydrogen) atoms. The van der Waals surface area contributed by atoms with Gasteiger partial charge in [-0.05, 0) is 75.5 Å². The number of carbonyl (C=O) groups excluding carboxylic acids is 1. The first-order valence-corrected chi connectivity index (χ1v) is 12.6. The largest absolute Gasteiger partial charge is 0.350 e. The van der Waals surface area contributed by atoms with E-state index in [9.17, 15) is 13.2 Å². The van der Waals surface area contributed by atoms with E-state index in [1.54, 1.807) is 24.3 Å². The van der Waals surface area contributed by atoms with Gasteiger partial charge in [0.15, 0.2) is 0 Å². The molecule has 2 aliphatic heterocycles. The van der Waals surface area contributed by atoms with Gasteiger partial charge in [-0.2, -0.15) is 4.31 Å². The van der Waals surface area contributed by atoms with Crippen LogP contribution in [0.25, 0.3) is 0 Å². The highest BCUT2D eigenvalue weighted by Crippen LogP contribution is 2.25. The molecule has 4 rings (SSSR count). The summed E-state index contributed by atoms with van der Waals surface area (Å²) in [6, 6.07) is 14.9. The first-order chi connectivity index (χ1) is 14.9. The number of hydrogen-bond donors (Lipinski definition) is 1. The van der Waals surface area contributed by atoms with Crippen molar-refractivity contribution in [3.05, 3.63) is 65.2 Å². The van der Waals surface area contributed by atoms with Gasteiger partial charge in [-0.15, -0.1) is 0 Å². The molecule has 1 amide bonds. The van der Waals surface area contributed by atoms with Crippen molar-refractivity contribution in [2.75, 3.05) is 32.7 Å². The second-order valence-electron chi connectivity index (χ2n) is 8.52. The Hall–Kier alpha value is -2.22. The molecular weight excluding hydrogens is 410 g/mol. The highest BCUT2D eigenvalue weighted by molar-refractivity contribution is 7.89. The molecule has 2 aromatic rings. The summed E-state index contributed by atoms with van der Waals surface area (Å²) in [5.74, 6) is -0.179. The predicted octanol–water partition coefficient (Wildman–Crippen LogP) is 3.35. The maximum Gasteiger partial charge on any atom is 0.251 e. The van der Waals surface area contributed by atoms with Crippen LogP contribution in [-0.4, -0.2) is 56.3 Å². The van der Waals surface area contributed by atoms with Gasteiger partial charge in [-0.25, -0.2) is 8.42 Å². The van der Waals surface area contributed by atoms with Crippen LogP contribution in [0.3, 0.4) is 0 Å². The van der Waals surface area contributed by atoms with Crippen molar-refractivity contribution < 1.29 is 13.2 Å². The molecule has 6 nitrogen and oxygen atoms in total. The Bertz CT molecular complexity index is 991. The van der Waals surface area contributed by atoms with Crippen LogP contribution >= 0.6 is 0 Å². The van der Waals surface area contributed by atoms with E-state index < -0.39 is 10.0 Å². The molecule has 0 saturated carbocycles. The molecule has 1 atom stereocenters. The van der Waals surface area contributed by atoms with E-state index in [1.165, 1.54) is 28.3 Å². The van der Waals surface area contributed by atoms with E-state index in [0.717, 1.165) is 25.9 Å². The van der Waals surface area contributed by atoms with Crippen LogP contribution < -0.4 is 5.32 Å². The highest BCUT2D eigenvalue weighted by atomic mass is 32.2. The first-order valence-electron chi connectivity index (χ1n) is 11.1. The fourth-order valence-corrected chi connectivity index (χ4v) is 5.96. The third-order valence-corrected chi connectivity index (χ3v) is 8.23. The fourth-order valence-electron chi connectivity index (χ4n) is 4.45. The molecule has 2 aliphatic rings. The molecule has 0 spiro atoms. The van der Waals surface area contributed by atoms with Crippen molar-refractivity contribution in [1.29, 1.82) is 0 Å². The number of benzene rings is 2. The minimum Gasteiger partial charge on any atom is -0.350 e. The van der Waals surface area contributed by atoms with Gasteiger partial charge in [0.2, 0.25) is 10.0 Å². The Labute approximate surface area is 185 Å². The lowest BCUT2D eigenvalue weighted by atomic mass is 10.0. The van der Waals surface area contributed by atoms with Gasteiger partial charge < -0.3 is 5.32 Å². The van der Waals surface area contributed by atoms with Gasteiger partial charge in [0.05, 0.1) is 10.9 Å². The van der Waals surface area contributed by atoms with Crippen LogP contribution in [0.2, 0.25) is 0 Å². The number of rotatable bonds is 7.